The van der Waals surface area contributed by atoms with Crippen molar-refractivity contribution in [2.45, 2.75) is 59.8 Å². The van der Waals surface area contributed by atoms with E-state index in [0.717, 1.165) is 23.5 Å². The zero-order valence-corrected chi connectivity index (χ0v) is 19.5. The molecule has 0 aliphatic carbocycles. The molecule has 2 aromatic rings. The topological polar surface area (TPSA) is 77.5 Å². The van der Waals surface area contributed by atoms with E-state index >= 15 is 0 Å². The van der Waals surface area contributed by atoms with Gasteiger partial charge in [-0.1, -0.05) is 58.1 Å². The molecule has 0 saturated carbocycles. The molecular formula is C23H32N2O4S. The summed E-state index contributed by atoms with van der Waals surface area (Å²) in [6.45, 7) is 13.6. The van der Waals surface area contributed by atoms with E-state index in [2.05, 4.69) is 57.1 Å². The van der Waals surface area contributed by atoms with Gasteiger partial charge in [0.25, 0.3) is 0 Å². The smallest absolute Gasteiger partial charge is 0.350 e. The molecule has 1 aromatic carbocycles. The first-order chi connectivity index (χ1) is 14.0. The lowest BCUT2D eigenvalue weighted by Gasteiger charge is -2.33. The van der Waals surface area contributed by atoms with Crippen LogP contribution in [0.2, 0.25) is 0 Å². The Balaban J connectivity index is 1.81. The van der Waals surface area contributed by atoms with Gasteiger partial charge in [0.05, 0.1) is 25.8 Å². The van der Waals surface area contributed by atoms with Gasteiger partial charge in [-0.05, 0) is 41.9 Å². The van der Waals surface area contributed by atoms with Gasteiger partial charge in [-0.2, -0.15) is 0 Å². The first kappa shape index (κ1) is 23.9. The van der Waals surface area contributed by atoms with Crippen LogP contribution in [0.4, 0.5) is 5.13 Å². The molecule has 7 heteroatoms. The molecule has 0 fully saturated rings. The summed E-state index contributed by atoms with van der Waals surface area (Å²) in [5.74, 6) is 0.0765. The van der Waals surface area contributed by atoms with E-state index in [1.807, 2.05) is 12.1 Å². The van der Waals surface area contributed by atoms with E-state index < -0.39 is 5.97 Å². The number of anilines is 1. The Hall–Kier alpha value is -2.41. The maximum absolute atomic E-state index is 12.1. The lowest BCUT2D eigenvalue weighted by Crippen LogP contribution is -2.24. The average Bonchev–Trinajstić information content (AvgIpc) is 3.09. The first-order valence-corrected chi connectivity index (χ1v) is 11.0. The predicted octanol–water partition coefficient (Wildman–Crippen LogP) is 5.44. The molecule has 2 rings (SSSR count). The fourth-order valence-electron chi connectivity index (χ4n) is 3.50. The number of carbonyl (C=O) groups excluding carboxylic acids is 2. The van der Waals surface area contributed by atoms with Gasteiger partial charge in [-0.3, -0.25) is 4.79 Å². The maximum Gasteiger partial charge on any atom is 0.350 e. The van der Waals surface area contributed by atoms with Crippen molar-refractivity contribution in [1.82, 2.24) is 4.98 Å². The molecule has 0 unspecified atom stereocenters. The fourth-order valence-corrected chi connectivity index (χ4v) is 4.23. The second-order valence-electron chi connectivity index (χ2n) is 9.04. The number of carbonyl (C=O) groups is 2. The Morgan fingerprint density at radius 1 is 1.10 bits per heavy atom. The van der Waals surface area contributed by atoms with Crippen molar-refractivity contribution in [1.29, 1.82) is 0 Å². The van der Waals surface area contributed by atoms with Crippen LogP contribution >= 0.6 is 11.3 Å². The van der Waals surface area contributed by atoms with Crippen molar-refractivity contribution in [2.75, 3.05) is 18.5 Å². The summed E-state index contributed by atoms with van der Waals surface area (Å²) in [6, 6.07) is 8.08. The van der Waals surface area contributed by atoms with Crippen molar-refractivity contribution in [3.8, 4) is 5.75 Å². The molecule has 1 amide bonds. The highest BCUT2D eigenvalue weighted by Gasteiger charge is 2.27. The molecule has 1 heterocycles. The monoisotopic (exact) mass is 432 g/mol. The number of thiazole rings is 1. The predicted molar refractivity (Wildman–Crippen MR) is 120 cm³/mol. The van der Waals surface area contributed by atoms with Crippen LogP contribution in [0.15, 0.2) is 30.5 Å². The Morgan fingerprint density at radius 2 is 1.77 bits per heavy atom. The number of hydrogen-bond acceptors (Lipinski definition) is 6. The van der Waals surface area contributed by atoms with E-state index in [9.17, 15) is 9.59 Å². The minimum atomic E-state index is -0.437. The summed E-state index contributed by atoms with van der Waals surface area (Å²) in [7, 11) is 0. The number of ether oxygens (including phenoxy) is 2. The quantitative estimate of drug-likeness (QED) is 0.534. The summed E-state index contributed by atoms with van der Waals surface area (Å²) >= 11 is 1.09. The third-order valence-corrected chi connectivity index (χ3v) is 5.33. The largest absolute Gasteiger partial charge is 0.493 e. The molecule has 164 valence electrons. The van der Waals surface area contributed by atoms with Crippen LogP contribution in [0.25, 0.3) is 0 Å². The van der Waals surface area contributed by atoms with Crippen LogP contribution in [0.5, 0.6) is 5.75 Å². The van der Waals surface area contributed by atoms with Gasteiger partial charge >= 0.3 is 5.97 Å². The standard InChI is InChI=1S/C23H32N2O4S/c1-7-28-20(27)18-14-24-21(30-18)25-19(26)12-13-29-17-10-8-16(9-11-17)23(5,6)15-22(2,3)4/h8-11,14H,7,12-13,15H2,1-6H3,(H,24,25,26). The summed E-state index contributed by atoms with van der Waals surface area (Å²) in [5.41, 5.74) is 1.59. The molecule has 0 aliphatic rings. The highest BCUT2D eigenvalue weighted by molar-refractivity contribution is 7.17. The molecule has 0 atom stereocenters. The Morgan fingerprint density at radius 3 is 2.37 bits per heavy atom. The minimum absolute atomic E-state index is 0.0762. The van der Waals surface area contributed by atoms with E-state index in [4.69, 9.17) is 9.47 Å². The molecule has 6 nitrogen and oxygen atoms in total. The van der Waals surface area contributed by atoms with Crippen molar-refractivity contribution in [2.24, 2.45) is 5.41 Å². The summed E-state index contributed by atoms with van der Waals surface area (Å²) in [5, 5.41) is 3.05. The molecule has 0 spiro atoms. The second kappa shape index (κ2) is 10.1. The second-order valence-corrected chi connectivity index (χ2v) is 10.1. The van der Waals surface area contributed by atoms with Gasteiger partial charge in [0, 0.05) is 0 Å². The van der Waals surface area contributed by atoms with Crippen molar-refractivity contribution >= 4 is 28.3 Å². The first-order valence-electron chi connectivity index (χ1n) is 10.2. The number of hydrogen-bond donors (Lipinski definition) is 1. The van der Waals surface area contributed by atoms with E-state index in [1.165, 1.54) is 11.8 Å². The summed E-state index contributed by atoms with van der Waals surface area (Å²) in [6.07, 6.45) is 2.66. The number of nitrogens with one attached hydrogen (secondary N) is 1. The molecule has 0 saturated heterocycles. The van der Waals surface area contributed by atoms with E-state index in [1.54, 1.807) is 6.92 Å². The van der Waals surface area contributed by atoms with Crippen molar-refractivity contribution in [3.05, 3.63) is 40.9 Å². The van der Waals surface area contributed by atoms with Gasteiger partial charge in [0.1, 0.15) is 10.6 Å². The number of esters is 1. The Kier molecular flexibility index (Phi) is 8.01. The third kappa shape index (κ3) is 7.44. The number of benzene rings is 1. The third-order valence-electron chi connectivity index (χ3n) is 4.43. The minimum Gasteiger partial charge on any atom is -0.493 e. The van der Waals surface area contributed by atoms with E-state index in [0.29, 0.717) is 16.6 Å². The molecule has 0 aliphatic heterocycles. The average molecular weight is 433 g/mol. The highest BCUT2D eigenvalue weighted by atomic mass is 32.1. The molecule has 1 N–H and O–H groups in total. The van der Waals surface area contributed by atoms with Crippen LogP contribution in [0.1, 0.15) is 69.6 Å². The highest BCUT2D eigenvalue weighted by Crippen LogP contribution is 2.36. The van der Waals surface area contributed by atoms with Crippen LogP contribution in [0, 0.1) is 5.41 Å². The van der Waals surface area contributed by atoms with Crippen LogP contribution in [-0.4, -0.2) is 30.1 Å². The zero-order chi connectivity index (χ0) is 22.4. The van der Waals surface area contributed by atoms with Gasteiger partial charge in [-0.25, -0.2) is 9.78 Å². The Bertz CT molecular complexity index is 851. The zero-order valence-electron chi connectivity index (χ0n) is 18.7. The van der Waals surface area contributed by atoms with Gasteiger partial charge in [0.15, 0.2) is 5.13 Å². The van der Waals surface area contributed by atoms with Gasteiger partial charge in [-0.15, -0.1) is 0 Å². The molecule has 0 bridgehead atoms. The molecule has 30 heavy (non-hydrogen) atoms. The van der Waals surface area contributed by atoms with Crippen LogP contribution in [-0.2, 0) is 14.9 Å². The molecule has 0 radical (unpaired) electrons. The van der Waals surface area contributed by atoms with Crippen LogP contribution < -0.4 is 10.1 Å². The fraction of sp³-hybridized carbons (Fsp3) is 0.522. The lowest BCUT2D eigenvalue weighted by atomic mass is 9.72. The number of rotatable bonds is 9. The molecular weight excluding hydrogens is 400 g/mol. The van der Waals surface area contributed by atoms with Crippen molar-refractivity contribution in [3.63, 3.8) is 0 Å². The van der Waals surface area contributed by atoms with Crippen molar-refractivity contribution < 1.29 is 19.1 Å². The van der Waals surface area contributed by atoms with E-state index in [-0.39, 0.29) is 29.8 Å². The summed E-state index contributed by atoms with van der Waals surface area (Å²) < 4.78 is 10.6. The SMILES string of the molecule is CCOC(=O)c1cnc(NC(=O)CCOc2ccc(C(C)(C)CC(C)(C)C)cc2)s1. The number of amides is 1. The lowest BCUT2D eigenvalue weighted by molar-refractivity contribution is -0.116. The van der Waals surface area contributed by atoms with Gasteiger partial charge < -0.3 is 14.8 Å². The summed E-state index contributed by atoms with van der Waals surface area (Å²) in [4.78, 5) is 28.1. The van der Waals surface area contributed by atoms with Crippen LogP contribution in [0.3, 0.4) is 0 Å². The number of nitrogens with zero attached hydrogens (tertiary/aromatic N) is 1. The van der Waals surface area contributed by atoms with Gasteiger partial charge in [0.2, 0.25) is 5.91 Å². The maximum atomic E-state index is 12.1. The Labute approximate surface area is 183 Å². The molecule has 1 aromatic heterocycles. The number of aromatic nitrogens is 1. The normalized spacial score (nSPS) is 11.8.